The van der Waals surface area contributed by atoms with Crippen LogP contribution < -0.4 is 5.32 Å². The number of ether oxygens (including phenoxy) is 2. The van der Waals surface area contributed by atoms with Crippen molar-refractivity contribution in [2.24, 2.45) is 46.3 Å². The Labute approximate surface area is 263 Å². The normalized spacial score (nSPS) is 48.4. The van der Waals surface area contributed by atoms with Crippen LogP contribution in [0, 0.1) is 46.3 Å². The van der Waals surface area contributed by atoms with E-state index in [2.05, 4.69) is 26.1 Å². The molecule has 8 N–H and O–H groups in total. The van der Waals surface area contributed by atoms with E-state index in [1.54, 1.807) is 0 Å². The highest BCUT2D eigenvalue weighted by Crippen LogP contribution is 2.68. The number of aliphatic hydroxyl groups excluding tert-OH is 5. The maximum absolute atomic E-state index is 12.2. The van der Waals surface area contributed by atoms with E-state index in [1.807, 2.05) is 0 Å². The van der Waals surface area contributed by atoms with Gasteiger partial charge in [0, 0.05) is 12.8 Å². The lowest BCUT2D eigenvalue weighted by Crippen LogP contribution is -2.63. The van der Waals surface area contributed by atoms with Crippen molar-refractivity contribution in [2.75, 3.05) is 6.54 Å². The summed E-state index contributed by atoms with van der Waals surface area (Å²) in [7, 11) is 0. The van der Waals surface area contributed by atoms with Crippen molar-refractivity contribution in [3.63, 3.8) is 0 Å². The summed E-state index contributed by atoms with van der Waals surface area (Å²) in [6.07, 6.45) is -4.51. The lowest BCUT2D eigenvalue weighted by molar-refractivity contribution is -0.314. The van der Waals surface area contributed by atoms with Crippen LogP contribution in [0.2, 0.25) is 0 Å². The first-order valence-corrected chi connectivity index (χ1v) is 16.5. The number of nitrogens with one attached hydrogen (secondary N) is 1. The minimum Gasteiger partial charge on any atom is -0.480 e. The number of hydrogen-bond donors (Lipinski definition) is 8. The Kier molecular flexibility index (Phi) is 9.93. The van der Waals surface area contributed by atoms with Crippen molar-refractivity contribution in [1.82, 2.24) is 5.32 Å². The molecule has 16 atom stereocenters. The van der Waals surface area contributed by atoms with Crippen LogP contribution in [-0.4, -0.2) is 109 Å². The van der Waals surface area contributed by atoms with Gasteiger partial charge in [-0.3, -0.25) is 9.59 Å². The molecule has 0 aromatic rings. The summed E-state index contributed by atoms with van der Waals surface area (Å²) in [6, 6.07) is 0. The van der Waals surface area contributed by atoms with Crippen molar-refractivity contribution in [1.29, 1.82) is 0 Å². The van der Waals surface area contributed by atoms with Crippen molar-refractivity contribution >= 4 is 17.8 Å². The number of hydrogen-bond acceptors (Lipinski definition) is 10. The molecule has 5 rings (SSSR count). The zero-order valence-corrected chi connectivity index (χ0v) is 26.3. The van der Waals surface area contributed by atoms with Gasteiger partial charge in [0.05, 0.1) is 18.3 Å². The molecule has 13 nitrogen and oxygen atoms in total. The second-order valence-electron chi connectivity index (χ2n) is 15.0. The van der Waals surface area contributed by atoms with Crippen LogP contribution in [0.25, 0.3) is 0 Å². The molecule has 256 valence electrons. The van der Waals surface area contributed by atoms with Crippen LogP contribution in [0.4, 0.5) is 0 Å². The molecule has 4 aliphatic carbocycles. The highest BCUT2D eigenvalue weighted by atomic mass is 16.7. The number of carbonyl (C=O) groups is 3. The van der Waals surface area contributed by atoms with E-state index < -0.39 is 72.9 Å². The first-order valence-electron chi connectivity index (χ1n) is 16.5. The minimum absolute atomic E-state index is 0.0519. The van der Waals surface area contributed by atoms with Crippen LogP contribution in [-0.2, 0) is 23.9 Å². The van der Waals surface area contributed by atoms with E-state index in [4.69, 9.17) is 14.6 Å². The third-order valence-electron chi connectivity index (χ3n) is 13.0. The van der Waals surface area contributed by atoms with Crippen molar-refractivity contribution in [3.8, 4) is 0 Å². The number of rotatable bonds is 9. The van der Waals surface area contributed by atoms with Gasteiger partial charge in [-0.15, -0.1) is 0 Å². The Morgan fingerprint density at radius 1 is 0.867 bits per heavy atom. The van der Waals surface area contributed by atoms with Crippen molar-refractivity contribution in [2.45, 2.75) is 128 Å². The average Bonchev–Trinajstić information content (AvgIpc) is 3.35. The molecule has 1 aliphatic heterocycles. The number of carboxylic acid groups (broad SMARTS) is 2. The highest BCUT2D eigenvalue weighted by molar-refractivity contribution is 5.81. The summed E-state index contributed by atoms with van der Waals surface area (Å²) in [5.74, 6) is -1.73. The molecule has 0 bridgehead atoms. The summed E-state index contributed by atoms with van der Waals surface area (Å²) >= 11 is 0. The van der Waals surface area contributed by atoms with Gasteiger partial charge in [-0.05, 0) is 91.3 Å². The van der Waals surface area contributed by atoms with Gasteiger partial charge < -0.3 is 50.5 Å². The molecular formula is C32H51NO12. The Hall–Kier alpha value is -1.87. The smallest absolute Gasteiger partial charge is 0.335 e. The average molecular weight is 642 g/mol. The van der Waals surface area contributed by atoms with Gasteiger partial charge in [0.2, 0.25) is 5.91 Å². The molecule has 5 aliphatic rings. The van der Waals surface area contributed by atoms with Gasteiger partial charge in [0.25, 0.3) is 0 Å². The second kappa shape index (κ2) is 13.0. The number of carboxylic acids is 2. The van der Waals surface area contributed by atoms with Gasteiger partial charge in [-0.1, -0.05) is 20.8 Å². The Bertz CT molecular complexity index is 1120. The standard InChI is InChI=1S/C32H51NO12/c1-14(4-9-23(36)33-13-24(37)38)18-7-8-19-17-6-5-15-10-16(44-30-27(41)25(39)26(40)28(45-30)29(42)43)11-21(34)31(15,2)20(17)12-22(35)32(18,19)3/h14-22,25-28,30,34-35,39-41H,4-13H2,1-3H3,(H,33,36)(H,37,38)(H,42,43)/t14-,15?,16?,17?,18-,19?,20?,21?,22-,25-,26+,27-,28+,30-,31+,32-/m1/s1. The Balaban J connectivity index is 1.25. The molecular weight excluding hydrogens is 590 g/mol. The molecule has 1 heterocycles. The van der Waals surface area contributed by atoms with Crippen molar-refractivity contribution in [3.05, 3.63) is 0 Å². The molecule has 0 aromatic carbocycles. The van der Waals surface area contributed by atoms with E-state index >= 15 is 0 Å². The number of aliphatic hydroxyl groups is 5. The lowest BCUT2D eigenvalue weighted by atomic mass is 9.43. The number of amides is 1. The maximum Gasteiger partial charge on any atom is 0.335 e. The molecule has 6 unspecified atom stereocenters. The largest absolute Gasteiger partial charge is 0.480 e. The summed E-state index contributed by atoms with van der Waals surface area (Å²) in [5, 5.41) is 74.9. The van der Waals surface area contributed by atoms with Crippen molar-refractivity contribution < 1.29 is 59.6 Å². The molecule has 5 fully saturated rings. The van der Waals surface area contributed by atoms with Gasteiger partial charge in [-0.2, -0.15) is 0 Å². The number of carbonyl (C=O) groups excluding carboxylic acids is 1. The fourth-order valence-electron chi connectivity index (χ4n) is 10.5. The molecule has 4 saturated carbocycles. The van der Waals surface area contributed by atoms with E-state index in [-0.39, 0.29) is 53.8 Å². The van der Waals surface area contributed by atoms with Crippen LogP contribution in [0.15, 0.2) is 0 Å². The van der Waals surface area contributed by atoms with E-state index in [1.165, 1.54) is 0 Å². The minimum atomic E-state index is -1.81. The zero-order chi connectivity index (χ0) is 33.0. The quantitative estimate of drug-likeness (QED) is 0.161. The Morgan fingerprint density at radius 3 is 2.22 bits per heavy atom. The maximum atomic E-state index is 12.2. The number of aliphatic carboxylic acids is 2. The summed E-state index contributed by atoms with van der Waals surface area (Å²) in [4.78, 5) is 34.5. The molecule has 0 spiro atoms. The fraction of sp³-hybridized carbons (Fsp3) is 0.906. The summed E-state index contributed by atoms with van der Waals surface area (Å²) in [6.45, 7) is 6.03. The second-order valence-corrected chi connectivity index (χ2v) is 15.0. The van der Waals surface area contributed by atoms with Gasteiger partial charge in [-0.25, -0.2) is 4.79 Å². The highest BCUT2D eigenvalue weighted by Gasteiger charge is 2.65. The molecule has 0 radical (unpaired) electrons. The van der Waals surface area contributed by atoms with E-state index in [9.17, 15) is 45.0 Å². The molecule has 0 aromatic heterocycles. The van der Waals surface area contributed by atoms with Crippen LogP contribution in [0.1, 0.15) is 78.6 Å². The van der Waals surface area contributed by atoms with Gasteiger partial charge in [0.15, 0.2) is 12.4 Å². The third kappa shape index (κ3) is 6.02. The molecule has 45 heavy (non-hydrogen) atoms. The predicted octanol–water partition coefficient (Wildman–Crippen LogP) is 0.481. The predicted molar refractivity (Wildman–Crippen MR) is 156 cm³/mol. The molecule has 13 heteroatoms. The van der Waals surface area contributed by atoms with Gasteiger partial charge >= 0.3 is 11.9 Å². The molecule has 1 amide bonds. The first-order chi connectivity index (χ1) is 21.1. The Morgan fingerprint density at radius 2 is 1.56 bits per heavy atom. The summed E-state index contributed by atoms with van der Waals surface area (Å²) in [5.41, 5.74) is -0.810. The van der Waals surface area contributed by atoms with E-state index in [0.29, 0.717) is 25.2 Å². The lowest BCUT2D eigenvalue weighted by Gasteiger charge is -2.63. The third-order valence-corrected chi connectivity index (χ3v) is 13.0. The zero-order valence-electron chi connectivity index (χ0n) is 26.3. The van der Waals surface area contributed by atoms with Crippen LogP contribution in [0.5, 0.6) is 0 Å². The summed E-state index contributed by atoms with van der Waals surface area (Å²) < 4.78 is 11.3. The first kappa shape index (κ1) is 34.5. The molecule has 1 saturated heterocycles. The fourth-order valence-corrected chi connectivity index (χ4v) is 10.5. The number of fused-ring (bicyclic) bond motifs is 5. The van der Waals surface area contributed by atoms with Crippen LogP contribution >= 0.6 is 0 Å². The van der Waals surface area contributed by atoms with Crippen LogP contribution in [0.3, 0.4) is 0 Å². The SMILES string of the molecule is C[C@H](CCC(=O)NCC(=O)O)[C@H]1CCC2C3CCC4CC(O[C@@H]5O[C@H](C(=O)O)[C@@H](O)[C@@H](O)[C@H]5O)CC(O)[C@]4(C)C3C[C@@H](O)[C@@]21C. The van der Waals surface area contributed by atoms with Gasteiger partial charge in [0.1, 0.15) is 24.9 Å². The van der Waals surface area contributed by atoms with E-state index in [0.717, 1.165) is 25.7 Å². The topological polar surface area (TPSA) is 223 Å². The monoisotopic (exact) mass is 641 g/mol.